The number of benzene rings is 3. The fourth-order valence-corrected chi connectivity index (χ4v) is 12.4. The minimum absolute atomic E-state index is 0.0681. The van der Waals surface area contributed by atoms with Gasteiger partial charge in [-0.25, -0.2) is 15.0 Å². The molecule has 0 radical (unpaired) electrons. The number of nitrogens with zero attached hydrogens (tertiary/aromatic N) is 9. The average Bonchev–Trinajstić information content (AvgIpc) is 3.85. The molecular formula is C53H57N11O2. The maximum atomic E-state index is 14.2. The van der Waals surface area contributed by atoms with Gasteiger partial charge in [0.2, 0.25) is 0 Å². The molecule has 1 unspecified atom stereocenters. The highest BCUT2D eigenvalue weighted by Crippen LogP contribution is 2.40. The first-order valence-electron chi connectivity index (χ1n) is 24.3. The standard InChI is InChI=1S/C53H57N11O2/c1-4-63-47(50-57-40-22-34(11-13-45(40)59(50)2)52(65)61-19-16-32-15-18-54-42(32)29-61)25-36-21-37(26-56-49(36)63)39-27-55-43-30-62(20-17-38(39)43)53(66)35-12-14-46-41(23-35)58-51(60(46)3)48-24-33-7-5-6-8-44(33)64(48)28-31-9-10-31/h5-8,11-14,21-26,31-32,38-39,42-43,54-55H,4,9-10,15-20,27-30H2,1-3H3/t32-,38-,39?,42+,43-/m1/s1. The monoisotopic (exact) mass is 879 g/mol. The molecule has 5 aliphatic rings. The van der Waals surface area contributed by atoms with Crippen molar-refractivity contribution in [2.45, 2.75) is 70.1 Å². The second-order valence-electron chi connectivity index (χ2n) is 20.0. The van der Waals surface area contributed by atoms with Crippen molar-refractivity contribution < 1.29 is 9.59 Å². The van der Waals surface area contributed by atoms with Gasteiger partial charge in [0.05, 0.1) is 33.5 Å². The van der Waals surface area contributed by atoms with Crippen LogP contribution in [0.1, 0.15) is 71.2 Å². The molecule has 2 N–H and O–H groups in total. The number of rotatable bonds is 8. The SMILES string of the molecule is CCn1c(-c2nc3cc(C(=O)N4CC[C@H]5CCN[C@H]5C4)ccc3n2C)cc2cc(C3CN[C@@H]4CN(C(=O)c5ccc6c(c5)nc(-c5cc7ccccc7n5CC5CC5)n6C)CC[C@H]34)cnc21. The Kier molecular flexibility index (Phi) is 9.32. The van der Waals surface area contributed by atoms with Crippen LogP contribution >= 0.6 is 0 Å². The summed E-state index contributed by atoms with van der Waals surface area (Å²) in [7, 11) is 4.15. The number of fused-ring (bicyclic) bond motifs is 6. The van der Waals surface area contributed by atoms with E-state index in [4.69, 9.17) is 15.0 Å². The second-order valence-corrected chi connectivity index (χ2v) is 20.0. The van der Waals surface area contributed by atoms with E-state index < -0.39 is 0 Å². The molecule has 5 aromatic heterocycles. The summed E-state index contributed by atoms with van der Waals surface area (Å²) in [5, 5.41) is 9.75. The Morgan fingerprint density at radius 1 is 0.682 bits per heavy atom. The van der Waals surface area contributed by atoms with Crippen LogP contribution in [0.15, 0.2) is 85.1 Å². The minimum Gasteiger partial charge on any atom is -0.338 e. The molecule has 9 heterocycles. The van der Waals surface area contributed by atoms with Crippen LogP contribution in [0.3, 0.4) is 0 Å². The molecular weight excluding hydrogens is 823 g/mol. The zero-order chi connectivity index (χ0) is 44.4. The van der Waals surface area contributed by atoms with E-state index >= 15 is 0 Å². The number of amides is 2. The van der Waals surface area contributed by atoms with Crippen LogP contribution in [-0.2, 0) is 27.2 Å². The van der Waals surface area contributed by atoms with Crippen molar-refractivity contribution in [3.05, 3.63) is 102 Å². The molecule has 3 aromatic carbocycles. The van der Waals surface area contributed by atoms with E-state index in [1.165, 1.54) is 35.7 Å². The van der Waals surface area contributed by atoms with Crippen LogP contribution < -0.4 is 10.6 Å². The first kappa shape index (κ1) is 40.0. The van der Waals surface area contributed by atoms with E-state index in [2.05, 4.69) is 105 Å². The fourth-order valence-electron chi connectivity index (χ4n) is 12.4. The van der Waals surface area contributed by atoms with Gasteiger partial charge in [0.1, 0.15) is 5.65 Å². The van der Waals surface area contributed by atoms with Gasteiger partial charge in [-0.15, -0.1) is 0 Å². The summed E-state index contributed by atoms with van der Waals surface area (Å²) in [5.74, 6) is 4.08. The molecule has 66 heavy (non-hydrogen) atoms. The third-order valence-electron chi connectivity index (χ3n) is 16.2. The first-order chi connectivity index (χ1) is 32.3. The third kappa shape index (κ3) is 6.44. The van der Waals surface area contributed by atoms with Crippen molar-refractivity contribution in [3.63, 3.8) is 0 Å². The summed E-state index contributed by atoms with van der Waals surface area (Å²) in [6.07, 6.45) is 7.85. The maximum Gasteiger partial charge on any atom is 0.253 e. The maximum absolute atomic E-state index is 14.2. The molecule has 5 fully saturated rings. The minimum atomic E-state index is 0.0681. The largest absolute Gasteiger partial charge is 0.338 e. The molecule has 8 aromatic rings. The number of carbonyl (C=O) groups excluding carboxylic acids is 2. The quantitative estimate of drug-likeness (QED) is 0.162. The third-order valence-corrected chi connectivity index (χ3v) is 16.2. The molecule has 4 aliphatic heterocycles. The van der Waals surface area contributed by atoms with E-state index in [1.54, 1.807) is 0 Å². The number of hydrogen-bond acceptors (Lipinski definition) is 7. The topological polar surface area (TPSA) is 123 Å². The average molecular weight is 880 g/mol. The number of nitrogens with one attached hydrogen (secondary N) is 2. The van der Waals surface area contributed by atoms with Crippen LogP contribution in [0, 0.1) is 17.8 Å². The van der Waals surface area contributed by atoms with E-state index in [0.29, 0.717) is 48.0 Å². The van der Waals surface area contributed by atoms with Gasteiger partial charge in [-0.1, -0.05) is 18.2 Å². The highest BCUT2D eigenvalue weighted by atomic mass is 16.2. The van der Waals surface area contributed by atoms with E-state index in [0.717, 1.165) is 114 Å². The number of aryl methyl sites for hydroxylation is 3. The van der Waals surface area contributed by atoms with Crippen molar-refractivity contribution in [1.29, 1.82) is 0 Å². The highest BCUT2D eigenvalue weighted by molar-refractivity contribution is 5.99. The smallest absolute Gasteiger partial charge is 0.253 e. The van der Waals surface area contributed by atoms with Gasteiger partial charge in [0.15, 0.2) is 11.6 Å². The van der Waals surface area contributed by atoms with Crippen LogP contribution in [0.2, 0.25) is 0 Å². The number of imidazole rings is 2. The molecule has 0 spiro atoms. The van der Waals surface area contributed by atoms with Crippen LogP contribution in [0.4, 0.5) is 0 Å². The van der Waals surface area contributed by atoms with E-state index in [1.807, 2.05) is 40.1 Å². The number of pyridine rings is 1. The molecule has 1 aliphatic carbocycles. The molecule has 4 saturated heterocycles. The van der Waals surface area contributed by atoms with E-state index in [9.17, 15) is 9.59 Å². The number of aromatic nitrogens is 7. The molecule has 5 atom stereocenters. The second kappa shape index (κ2) is 15.4. The van der Waals surface area contributed by atoms with Crippen molar-refractivity contribution in [2.24, 2.45) is 31.8 Å². The van der Waals surface area contributed by atoms with Gasteiger partial charge in [-0.3, -0.25) is 9.59 Å². The lowest BCUT2D eigenvalue weighted by atomic mass is 9.81. The van der Waals surface area contributed by atoms with Gasteiger partial charge in [0, 0.05) is 112 Å². The molecule has 13 heteroatoms. The zero-order valence-electron chi connectivity index (χ0n) is 38.1. The summed E-state index contributed by atoms with van der Waals surface area (Å²) in [5.41, 5.74) is 10.7. The normalized spacial score (nSPS) is 23.2. The molecule has 1 saturated carbocycles. The molecule has 13 nitrogen and oxygen atoms in total. The first-order valence-corrected chi connectivity index (χ1v) is 24.3. The lowest BCUT2D eigenvalue weighted by Gasteiger charge is -2.36. The number of likely N-dealkylation sites (tertiary alicyclic amines) is 2. The highest BCUT2D eigenvalue weighted by Gasteiger charge is 2.42. The predicted molar refractivity (Wildman–Crippen MR) is 258 cm³/mol. The Labute approximate surface area is 383 Å². The summed E-state index contributed by atoms with van der Waals surface area (Å²) in [6.45, 7) is 8.80. The zero-order valence-corrected chi connectivity index (χ0v) is 38.1. The number of piperidine rings is 2. The summed E-state index contributed by atoms with van der Waals surface area (Å²) < 4.78 is 9.02. The molecule has 2 amide bonds. The van der Waals surface area contributed by atoms with Crippen LogP contribution in [0.25, 0.3) is 67.0 Å². The predicted octanol–water partition coefficient (Wildman–Crippen LogP) is 7.57. The summed E-state index contributed by atoms with van der Waals surface area (Å²) in [4.78, 5) is 47.4. The Bertz CT molecular complexity index is 3260. The van der Waals surface area contributed by atoms with Crippen molar-refractivity contribution in [3.8, 4) is 23.0 Å². The lowest BCUT2D eigenvalue weighted by Crippen LogP contribution is -2.49. The molecule has 336 valence electrons. The van der Waals surface area contributed by atoms with Crippen LogP contribution in [0.5, 0.6) is 0 Å². The van der Waals surface area contributed by atoms with Gasteiger partial charge in [-0.05, 0) is 130 Å². The Hall–Kier alpha value is -6.31. The summed E-state index contributed by atoms with van der Waals surface area (Å²) in [6, 6.07) is 28.1. The molecule has 0 bridgehead atoms. The van der Waals surface area contributed by atoms with Gasteiger partial charge in [0.25, 0.3) is 11.8 Å². The summed E-state index contributed by atoms with van der Waals surface area (Å²) >= 11 is 0. The van der Waals surface area contributed by atoms with Gasteiger partial charge >= 0.3 is 0 Å². The Morgan fingerprint density at radius 3 is 2.06 bits per heavy atom. The Balaban J connectivity index is 0.722. The lowest BCUT2D eigenvalue weighted by molar-refractivity contribution is 0.0659. The van der Waals surface area contributed by atoms with Crippen LogP contribution in [-0.4, -0.2) is 106 Å². The number of para-hydroxylation sites is 1. The van der Waals surface area contributed by atoms with Crippen molar-refractivity contribution in [2.75, 3.05) is 39.3 Å². The van der Waals surface area contributed by atoms with Gasteiger partial charge < -0.3 is 38.7 Å². The number of carbonyl (C=O) groups is 2. The van der Waals surface area contributed by atoms with Crippen molar-refractivity contribution in [1.82, 2.24) is 53.7 Å². The Morgan fingerprint density at radius 2 is 1.35 bits per heavy atom. The van der Waals surface area contributed by atoms with E-state index in [-0.39, 0.29) is 17.9 Å². The number of hydrogen-bond donors (Lipinski definition) is 2. The molecule has 13 rings (SSSR count). The van der Waals surface area contributed by atoms with Gasteiger partial charge in [-0.2, -0.15) is 0 Å². The fraction of sp³-hybridized carbons (Fsp3) is 0.415. The van der Waals surface area contributed by atoms with Crippen molar-refractivity contribution >= 4 is 55.8 Å².